The van der Waals surface area contributed by atoms with Crippen LogP contribution in [0.3, 0.4) is 0 Å². The highest BCUT2D eigenvalue weighted by molar-refractivity contribution is 8.59. The van der Waals surface area contributed by atoms with Crippen molar-refractivity contribution < 1.29 is 0 Å². The van der Waals surface area contributed by atoms with Crippen LogP contribution in [-0.4, -0.2) is 4.57 Å². The molecule has 1 aromatic heterocycles. The van der Waals surface area contributed by atoms with Gasteiger partial charge in [-0.15, -0.1) is 23.3 Å². The first-order valence-corrected chi connectivity index (χ1v) is 20.2. The smallest absolute Gasteiger partial charge is 0.0541 e. The predicted molar refractivity (Wildman–Crippen MR) is 240 cm³/mol. The predicted octanol–water partition coefficient (Wildman–Crippen LogP) is 14.8. The molecule has 0 saturated heterocycles. The summed E-state index contributed by atoms with van der Waals surface area (Å²) in [6.45, 7) is 4.00. The summed E-state index contributed by atoms with van der Waals surface area (Å²) >= 11 is 6.44. The molecule has 1 nitrogen and oxygen atoms in total. The Bertz CT molecular complexity index is 2730. The molecule has 8 aromatic carbocycles. The molecule has 0 spiro atoms. The van der Waals surface area contributed by atoms with Crippen LogP contribution in [0.15, 0.2) is 188 Å². The third kappa shape index (κ3) is 6.55. The zero-order chi connectivity index (χ0) is 37.0. The summed E-state index contributed by atoms with van der Waals surface area (Å²) < 4.78 is 2.44. The molecule has 1 heterocycles. The molecular formula is C51H41NS2. The van der Waals surface area contributed by atoms with E-state index in [0.29, 0.717) is 0 Å². The average molecular weight is 732 g/mol. The van der Waals surface area contributed by atoms with Gasteiger partial charge in [0, 0.05) is 16.5 Å². The Morgan fingerprint density at radius 2 is 0.796 bits per heavy atom. The van der Waals surface area contributed by atoms with Crippen molar-refractivity contribution in [1.29, 1.82) is 0 Å². The van der Waals surface area contributed by atoms with Crippen molar-refractivity contribution in [1.82, 2.24) is 4.57 Å². The molecule has 0 radical (unpaired) electrons. The number of para-hydroxylation sites is 1. The van der Waals surface area contributed by atoms with E-state index in [9.17, 15) is 0 Å². The summed E-state index contributed by atoms with van der Waals surface area (Å²) in [6.07, 6.45) is 0.931. The summed E-state index contributed by atoms with van der Waals surface area (Å²) in [5.41, 5.74) is 19.1. The van der Waals surface area contributed by atoms with E-state index in [1.165, 1.54) is 94.3 Å². The van der Waals surface area contributed by atoms with Crippen molar-refractivity contribution in [2.45, 2.75) is 20.3 Å². The van der Waals surface area contributed by atoms with Crippen LogP contribution in [0.5, 0.6) is 0 Å². The number of rotatable bonds is 5. The number of hydrogen-bond donors (Lipinski definition) is 2. The van der Waals surface area contributed by atoms with Gasteiger partial charge in [-0.2, -0.15) is 0 Å². The zero-order valence-corrected chi connectivity index (χ0v) is 32.2. The minimum Gasteiger partial charge on any atom is -0.309 e. The van der Waals surface area contributed by atoms with Gasteiger partial charge in [0.25, 0.3) is 0 Å². The van der Waals surface area contributed by atoms with Crippen molar-refractivity contribution in [2.75, 3.05) is 0 Å². The highest BCUT2D eigenvalue weighted by atomic mass is 33.1. The van der Waals surface area contributed by atoms with Crippen molar-refractivity contribution in [3.05, 3.63) is 199 Å². The first-order chi connectivity index (χ1) is 26.8. The van der Waals surface area contributed by atoms with Gasteiger partial charge in [0.05, 0.1) is 11.0 Å². The first kappa shape index (κ1) is 35.3. The molecule has 1 aliphatic rings. The van der Waals surface area contributed by atoms with Crippen LogP contribution in [-0.2, 0) is 6.42 Å². The number of nitrogens with zero attached hydrogens (tertiary/aromatic N) is 1. The molecule has 0 bridgehead atoms. The minimum atomic E-state index is 0.931. The van der Waals surface area contributed by atoms with E-state index in [-0.39, 0.29) is 0 Å². The lowest BCUT2D eigenvalue weighted by molar-refractivity contribution is 1.16. The Labute approximate surface area is 328 Å². The Morgan fingerprint density at radius 1 is 0.352 bits per heavy atom. The van der Waals surface area contributed by atoms with E-state index >= 15 is 0 Å². The summed E-state index contributed by atoms with van der Waals surface area (Å²) in [5, 5.41) is 2.56. The van der Waals surface area contributed by atoms with Crippen LogP contribution in [0.25, 0.3) is 83.1 Å². The number of thiol groups is 2. The average Bonchev–Trinajstić information content (AvgIpc) is 3.80. The molecule has 54 heavy (non-hydrogen) atoms. The third-order valence-corrected chi connectivity index (χ3v) is 10.4. The van der Waals surface area contributed by atoms with Crippen LogP contribution < -0.4 is 0 Å². The Hall–Kier alpha value is -5.74. The molecule has 1 aliphatic carbocycles. The zero-order valence-electron chi connectivity index (χ0n) is 30.4. The van der Waals surface area contributed by atoms with E-state index < -0.39 is 0 Å². The molecule has 3 heteroatoms. The Balaban J connectivity index is 0.00000100. The van der Waals surface area contributed by atoms with Gasteiger partial charge in [-0.05, 0) is 116 Å². The maximum atomic E-state index is 3.22. The maximum absolute atomic E-state index is 3.22. The molecule has 10 rings (SSSR count). The van der Waals surface area contributed by atoms with Gasteiger partial charge in [-0.25, -0.2) is 0 Å². The number of benzene rings is 8. The van der Waals surface area contributed by atoms with Gasteiger partial charge in [0.2, 0.25) is 0 Å². The van der Waals surface area contributed by atoms with Crippen LogP contribution >= 0.6 is 23.3 Å². The summed E-state index contributed by atoms with van der Waals surface area (Å²) in [6, 6.07) is 68.8. The summed E-state index contributed by atoms with van der Waals surface area (Å²) in [4.78, 5) is 0. The van der Waals surface area contributed by atoms with Crippen molar-refractivity contribution in [2.24, 2.45) is 0 Å². The molecule has 9 aromatic rings. The lowest BCUT2D eigenvalue weighted by atomic mass is 9.95. The number of hydrogen-bond acceptors (Lipinski definition) is 2. The van der Waals surface area contributed by atoms with Gasteiger partial charge in [-0.1, -0.05) is 159 Å². The molecule has 0 fully saturated rings. The van der Waals surface area contributed by atoms with E-state index in [0.717, 1.165) is 6.42 Å². The second kappa shape index (κ2) is 15.7. The van der Waals surface area contributed by atoms with Crippen LogP contribution in [0, 0.1) is 0 Å². The van der Waals surface area contributed by atoms with Gasteiger partial charge < -0.3 is 4.57 Å². The number of fused-ring (bicyclic) bond motifs is 6. The molecule has 0 aliphatic heterocycles. The summed E-state index contributed by atoms with van der Waals surface area (Å²) in [5.74, 6) is 0. The molecule has 0 unspecified atom stereocenters. The van der Waals surface area contributed by atoms with E-state index in [4.69, 9.17) is 0 Å². The molecule has 0 atom stereocenters. The third-order valence-electron chi connectivity index (χ3n) is 10.4. The van der Waals surface area contributed by atoms with Crippen molar-refractivity contribution >= 4 is 45.1 Å². The Kier molecular flexibility index (Phi) is 10.3. The van der Waals surface area contributed by atoms with Crippen LogP contribution in [0.1, 0.15) is 25.0 Å². The molecule has 0 saturated carbocycles. The second-order valence-corrected chi connectivity index (χ2v) is 13.4. The normalized spacial score (nSPS) is 11.3. The highest BCUT2D eigenvalue weighted by Gasteiger charge is 2.21. The molecule has 0 amide bonds. The highest BCUT2D eigenvalue weighted by Crippen LogP contribution is 2.42. The first-order valence-electron chi connectivity index (χ1n) is 18.6. The van der Waals surface area contributed by atoms with Gasteiger partial charge in [0.1, 0.15) is 0 Å². The van der Waals surface area contributed by atoms with Gasteiger partial charge >= 0.3 is 0 Å². The lowest BCUT2D eigenvalue weighted by Crippen LogP contribution is -1.95. The van der Waals surface area contributed by atoms with E-state index in [2.05, 4.69) is 216 Å². The molecular weight excluding hydrogens is 691 g/mol. The minimum absolute atomic E-state index is 0.931. The lowest BCUT2D eigenvalue weighted by Gasteiger charge is -2.11. The monoisotopic (exact) mass is 731 g/mol. The molecule has 262 valence electrons. The quantitative estimate of drug-likeness (QED) is 0.128. The topological polar surface area (TPSA) is 4.93 Å². The fourth-order valence-corrected chi connectivity index (χ4v) is 7.96. The van der Waals surface area contributed by atoms with Gasteiger partial charge in [-0.3, -0.25) is 0 Å². The fourth-order valence-electron chi connectivity index (χ4n) is 7.96. The van der Waals surface area contributed by atoms with Crippen LogP contribution in [0.4, 0.5) is 0 Å². The van der Waals surface area contributed by atoms with Gasteiger partial charge in [0.15, 0.2) is 0 Å². The fraction of sp³-hybridized carbons (Fsp3) is 0.0588. The second-order valence-electron chi connectivity index (χ2n) is 13.4. The summed E-state index contributed by atoms with van der Waals surface area (Å²) in [7, 11) is 0. The van der Waals surface area contributed by atoms with E-state index in [1.54, 1.807) is 0 Å². The largest absolute Gasteiger partial charge is 0.309 e. The number of aromatic nitrogens is 1. The molecule has 0 N–H and O–H groups in total. The Morgan fingerprint density at radius 3 is 1.43 bits per heavy atom. The maximum Gasteiger partial charge on any atom is 0.0541 e. The van der Waals surface area contributed by atoms with Crippen molar-refractivity contribution in [3.8, 4) is 61.3 Å². The standard InChI is InChI=1S/C49H33N.C2H6.H2S2/c1-3-11-33(12-4-1)35-15-9-16-36(27-35)37-17-10-18-38(28-37)39-21-24-44-41(29-39)30-42-31-43(23-25-45(42)44)50-48-20-8-7-19-46(48)47-32-40(22-26-49(47)50)34-13-5-2-6-14-34;2*1-2/h1-29,31-32H,30H2;1-2H3;1-2H. The van der Waals surface area contributed by atoms with E-state index in [1.807, 2.05) is 13.8 Å². The van der Waals surface area contributed by atoms with Crippen LogP contribution in [0.2, 0.25) is 0 Å². The SMILES string of the molecule is CC.SS.c1ccc(-c2cccc(-c3cccc(-c4ccc5c(c4)Cc4cc(-n6c7ccccc7c7cc(-c8ccccc8)ccc76)ccc4-5)c3)c2)cc1. The van der Waals surface area contributed by atoms with Crippen molar-refractivity contribution in [3.63, 3.8) is 0 Å².